The minimum atomic E-state index is 0.277. The van der Waals surface area contributed by atoms with E-state index in [1.807, 2.05) is 19.1 Å². The van der Waals surface area contributed by atoms with Crippen LogP contribution in [-0.2, 0) is 4.74 Å². The Kier molecular flexibility index (Phi) is 8.51. The van der Waals surface area contributed by atoms with Gasteiger partial charge in [-0.2, -0.15) is 0 Å². The number of rotatable bonds is 11. The van der Waals surface area contributed by atoms with Crippen LogP contribution in [0.3, 0.4) is 0 Å². The third-order valence-electron chi connectivity index (χ3n) is 7.17. The van der Waals surface area contributed by atoms with Crippen molar-refractivity contribution >= 4 is 11.1 Å². The Balaban J connectivity index is 1.44. The SMILES string of the molecule is C/C=C(/C=C(\C=C(/C)c1ccccc1)c1ccc2c(c1)OCO2)OCCCCCC1CCC1C. The van der Waals surface area contributed by atoms with Crippen molar-refractivity contribution in [1.82, 2.24) is 0 Å². The van der Waals surface area contributed by atoms with Gasteiger partial charge in [0.05, 0.1) is 6.61 Å². The Morgan fingerprint density at radius 1 is 0.941 bits per heavy atom. The Labute approximate surface area is 205 Å². The van der Waals surface area contributed by atoms with E-state index in [4.69, 9.17) is 14.2 Å². The summed E-state index contributed by atoms with van der Waals surface area (Å²) in [6, 6.07) is 16.6. The molecular weight excluding hydrogens is 420 g/mol. The molecule has 3 heteroatoms. The minimum absolute atomic E-state index is 0.277. The molecule has 0 bridgehead atoms. The Morgan fingerprint density at radius 3 is 2.50 bits per heavy atom. The number of allylic oxidation sites excluding steroid dienone is 5. The lowest BCUT2D eigenvalue weighted by atomic mass is 9.72. The van der Waals surface area contributed by atoms with Gasteiger partial charge in [-0.25, -0.2) is 0 Å². The van der Waals surface area contributed by atoms with Crippen LogP contribution in [-0.4, -0.2) is 13.4 Å². The lowest BCUT2D eigenvalue weighted by molar-refractivity contribution is 0.174. The summed E-state index contributed by atoms with van der Waals surface area (Å²) in [5.41, 5.74) is 4.58. The number of fused-ring (bicyclic) bond motifs is 1. The van der Waals surface area contributed by atoms with Gasteiger partial charge in [-0.3, -0.25) is 0 Å². The summed E-state index contributed by atoms with van der Waals surface area (Å²) in [6.07, 6.45) is 14.3. The van der Waals surface area contributed by atoms with Gasteiger partial charge in [0.15, 0.2) is 11.5 Å². The van der Waals surface area contributed by atoms with E-state index in [0.29, 0.717) is 0 Å². The molecule has 1 fully saturated rings. The Bertz CT molecular complexity index is 1030. The topological polar surface area (TPSA) is 27.7 Å². The number of ether oxygens (including phenoxy) is 3. The molecule has 2 aromatic rings. The van der Waals surface area contributed by atoms with Crippen LogP contribution in [0, 0.1) is 11.8 Å². The first-order chi connectivity index (χ1) is 16.6. The second-order valence-corrected chi connectivity index (χ2v) is 9.56. The minimum Gasteiger partial charge on any atom is -0.494 e. The predicted molar refractivity (Wildman–Crippen MR) is 141 cm³/mol. The first kappa shape index (κ1) is 24.2. The molecule has 0 amide bonds. The molecule has 1 aliphatic heterocycles. The van der Waals surface area contributed by atoms with Gasteiger partial charge in [-0.05, 0) is 85.1 Å². The molecule has 2 unspecified atom stereocenters. The molecule has 0 saturated heterocycles. The highest BCUT2D eigenvalue weighted by Crippen LogP contribution is 2.37. The van der Waals surface area contributed by atoms with Crippen LogP contribution in [0.2, 0.25) is 0 Å². The number of hydrogen-bond acceptors (Lipinski definition) is 3. The molecular formula is C31H38O3. The van der Waals surface area contributed by atoms with Crippen molar-refractivity contribution in [1.29, 1.82) is 0 Å². The van der Waals surface area contributed by atoms with Crippen molar-refractivity contribution in [3.63, 3.8) is 0 Å². The highest BCUT2D eigenvalue weighted by atomic mass is 16.7. The van der Waals surface area contributed by atoms with Crippen molar-refractivity contribution in [2.24, 2.45) is 11.8 Å². The van der Waals surface area contributed by atoms with E-state index in [2.05, 4.69) is 68.5 Å². The first-order valence-electron chi connectivity index (χ1n) is 12.8. The number of hydrogen-bond donors (Lipinski definition) is 0. The fraction of sp³-hybridized carbons (Fsp3) is 0.419. The van der Waals surface area contributed by atoms with Gasteiger partial charge in [-0.1, -0.05) is 75.1 Å². The second-order valence-electron chi connectivity index (χ2n) is 9.56. The summed E-state index contributed by atoms with van der Waals surface area (Å²) in [6.45, 7) is 7.61. The van der Waals surface area contributed by atoms with Crippen molar-refractivity contribution in [3.8, 4) is 11.5 Å². The summed E-state index contributed by atoms with van der Waals surface area (Å²) >= 11 is 0. The van der Waals surface area contributed by atoms with Gasteiger partial charge >= 0.3 is 0 Å². The van der Waals surface area contributed by atoms with Gasteiger partial charge in [0.1, 0.15) is 5.76 Å². The molecule has 180 valence electrons. The standard InChI is InChI=1S/C31H38O3/c1-4-29(32-18-10-6-9-13-26-15-14-23(26)2)20-28(19-24(3)25-11-7-5-8-12-25)27-16-17-30-31(21-27)34-22-33-30/h4-5,7-8,11-12,16-17,19-21,23,26H,6,9-10,13-15,18,22H2,1-3H3/b24-19+,28-20+,29-4-. The maximum atomic E-state index is 6.19. The molecule has 1 saturated carbocycles. The monoisotopic (exact) mass is 458 g/mol. The maximum Gasteiger partial charge on any atom is 0.231 e. The largest absolute Gasteiger partial charge is 0.494 e. The van der Waals surface area contributed by atoms with E-state index in [9.17, 15) is 0 Å². The van der Waals surface area contributed by atoms with Crippen LogP contribution >= 0.6 is 0 Å². The quantitative estimate of drug-likeness (QED) is 0.192. The van der Waals surface area contributed by atoms with Crippen LogP contribution < -0.4 is 9.47 Å². The van der Waals surface area contributed by atoms with Gasteiger partial charge in [-0.15, -0.1) is 0 Å². The highest BCUT2D eigenvalue weighted by molar-refractivity contribution is 5.85. The Morgan fingerprint density at radius 2 is 1.76 bits per heavy atom. The van der Waals surface area contributed by atoms with Crippen LogP contribution in [0.1, 0.15) is 70.4 Å². The van der Waals surface area contributed by atoms with E-state index in [1.54, 1.807) is 0 Å². The fourth-order valence-corrected chi connectivity index (χ4v) is 4.70. The maximum absolute atomic E-state index is 6.19. The van der Waals surface area contributed by atoms with Gasteiger partial charge in [0.2, 0.25) is 6.79 Å². The van der Waals surface area contributed by atoms with Crippen molar-refractivity contribution < 1.29 is 14.2 Å². The van der Waals surface area contributed by atoms with Crippen LogP contribution in [0.4, 0.5) is 0 Å². The number of benzene rings is 2. The van der Waals surface area contributed by atoms with E-state index >= 15 is 0 Å². The van der Waals surface area contributed by atoms with Crippen LogP contribution in [0.25, 0.3) is 11.1 Å². The normalized spacial score (nSPS) is 20.3. The average molecular weight is 459 g/mol. The lowest BCUT2D eigenvalue weighted by Crippen LogP contribution is -2.22. The van der Waals surface area contributed by atoms with Crippen LogP contribution in [0.15, 0.2) is 72.5 Å². The average Bonchev–Trinajstić information content (AvgIpc) is 3.34. The Hall–Kier alpha value is -2.94. The van der Waals surface area contributed by atoms with E-state index in [-0.39, 0.29) is 6.79 Å². The zero-order valence-electron chi connectivity index (χ0n) is 20.9. The van der Waals surface area contributed by atoms with Gasteiger partial charge in [0.25, 0.3) is 0 Å². The van der Waals surface area contributed by atoms with Crippen molar-refractivity contribution in [2.75, 3.05) is 13.4 Å². The highest BCUT2D eigenvalue weighted by Gasteiger charge is 2.25. The zero-order valence-corrected chi connectivity index (χ0v) is 20.9. The molecule has 0 spiro atoms. The van der Waals surface area contributed by atoms with Crippen molar-refractivity contribution in [3.05, 3.63) is 83.6 Å². The molecule has 0 radical (unpaired) electrons. The second kappa shape index (κ2) is 12.0. The molecule has 4 rings (SSSR count). The van der Waals surface area contributed by atoms with Crippen molar-refractivity contribution in [2.45, 2.75) is 59.3 Å². The third-order valence-corrected chi connectivity index (χ3v) is 7.17. The summed E-state index contributed by atoms with van der Waals surface area (Å²) in [4.78, 5) is 0. The molecule has 2 atom stereocenters. The third kappa shape index (κ3) is 6.34. The van der Waals surface area contributed by atoms with Gasteiger partial charge in [0, 0.05) is 0 Å². The molecule has 1 aliphatic carbocycles. The molecule has 2 aliphatic rings. The summed E-state index contributed by atoms with van der Waals surface area (Å²) in [5.74, 6) is 4.40. The lowest BCUT2D eigenvalue weighted by Gasteiger charge is -2.33. The van der Waals surface area contributed by atoms with E-state index in [1.165, 1.54) is 43.2 Å². The number of unbranched alkanes of at least 4 members (excludes halogenated alkanes) is 2. The molecule has 0 aromatic heterocycles. The molecule has 0 N–H and O–H groups in total. The summed E-state index contributed by atoms with van der Waals surface area (Å²) in [5, 5.41) is 0. The molecule has 34 heavy (non-hydrogen) atoms. The smallest absolute Gasteiger partial charge is 0.231 e. The molecule has 3 nitrogen and oxygen atoms in total. The van der Waals surface area contributed by atoms with E-state index < -0.39 is 0 Å². The predicted octanol–water partition coefficient (Wildman–Crippen LogP) is 8.43. The summed E-state index contributed by atoms with van der Waals surface area (Å²) < 4.78 is 17.3. The van der Waals surface area contributed by atoms with Gasteiger partial charge < -0.3 is 14.2 Å². The molecule has 1 heterocycles. The zero-order chi connectivity index (χ0) is 23.8. The first-order valence-corrected chi connectivity index (χ1v) is 12.8. The fourth-order valence-electron chi connectivity index (χ4n) is 4.70. The van der Waals surface area contributed by atoms with Crippen LogP contribution in [0.5, 0.6) is 11.5 Å². The molecule has 2 aromatic carbocycles. The summed E-state index contributed by atoms with van der Waals surface area (Å²) in [7, 11) is 0. The van der Waals surface area contributed by atoms with E-state index in [0.717, 1.165) is 53.3 Å².